The second-order valence-electron chi connectivity index (χ2n) is 6.15. The van der Waals surface area contributed by atoms with E-state index < -0.39 is 11.7 Å². The molecule has 3 aromatic rings. The first kappa shape index (κ1) is 16.8. The second-order valence-corrected chi connectivity index (χ2v) is 6.15. The summed E-state index contributed by atoms with van der Waals surface area (Å²) in [5.41, 5.74) is 2.52. The Morgan fingerprint density at radius 1 is 0.920 bits per heavy atom. The molecule has 0 bridgehead atoms. The van der Waals surface area contributed by atoms with E-state index in [-0.39, 0.29) is 11.3 Å². The van der Waals surface area contributed by atoms with Crippen molar-refractivity contribution in [1.82, 2.24) is 0 Å². The fraction of sp³-hybridized carbons (Fsp3) is 0.190. The van der Waals surface area contributed by atoms with Gasteiger partial charge in [0.1, 0.15) is 5.56 Å². The number of phenols is 2. The Labute approximate surface area is 146 Å². The molecule has 0 saturated carbocycles. The van der Waals surface area contributed by atoms with Gasteiger partial charge in [-0.15, -0.1) is 0 Å². The molecule has 0 atom stereocenters. The second kappa shape index (κ2) is 6.85. The maximum atomic E-state index is 11.6. The highest BCUT2D eigenvalue weighted by atomic mass is 16.4. The van der Waals surface area contributed by atoms with Gasteiger partial charge in [-0.2, -0.15) is 0 Å². The molecular formula is C21H20O4. The summed E-state index contributed by atoms with van der Waals surface area (Å²) in [4.78, 5) is 11.6. The quantitative estimate of drug-likeness (QED) is 0.600. The lowest BCUT2D eigenvalue weighted by Crippen LogP contribution is -2.02. The van der Waals surface area contributed by atoms with Crippen LogP contribution in [0.15, 0.2) is 48.5 Å². The van der Waals surface area contributed by atoms with Crippen molar-refractivity contribution in [3.05, 3.63) is 70.8 Å². The van der Waals surface area contributed by atoms with Crippen LogP contribution in [-0.2, 0) is 12.8 Å². The molecule has 3 N–H and O–H groups in total. The average Bonchev–Trinajstić information content (AvgIpc) is 2.60. The third-order valence-corrected chi connectivity index (χ3v) is 4.39. The van der Waals surface area contributed by atoms with Crippen LogP contribution in [0.2, 0.25) is 0 Å². The molecule has 4 heteroatoms. The molecule has 0 aliphatic carbocycles. The van der Waals surface area contributed by atoms with E-state index in [0.29, 0.717) is 29.2 Å². The number of aromatic hydroxyl groups is 2. The Morgan fingerprint density at radius 3 is 2.28 bits per heavy atom. The fourth-order valence-corrected chi connectivity index (χ4v) is 3.24. The van der Waals surface area contributed by atoms with Crippen molar-refractivity contribution >= 4 is 16.7 Å². The molecule has 0 spiro atoms. The molecule has 0 heterocycles. The van der Waals surface area contributed by atoms with Crippen LogP contribution in [0, 0.1) is 0 Å². The molecule has 0 aliphatic rings. The topological polar surface area (TPSA) is 77.8 Å². The first-order valence-corrected chi connectivity index (χ1v) is 8.29. The Hall–Kier alpha value is -3.01. The summed E-state index contributed by atoms with van der Waals surface area (Å²) in [6.07, 6.45) is 2.05. The molecule has 0 radical (unpaired) electrons. The van der Waals surface area contributed by atoms with Gasteiger partial charge in [-0.3, -0.25) is 0 Å². The predicted octanol–water partition coefficient (Wildman–Crippen LogP) is 4.49. The Balaban J connectivity index is 2.21. The zero-order valence-electron chi connectivity index (χ0n) is 14.0. The minimum Gasteiger partial charge on any atom is -0.504 e. The van der Waals surface area contributed by atoms with Crippen LogP contribution in [0.3, 0.4) is 0 Å². The van der Waals surface area contributed by atoms with Crippen molar-refractivity contribution < 1.29 is 20.1 Å². The van der Waals surface area contributed by atoms with Crippen molar-refractivity contribution in [2.24, 2.45) is 0 Å². The Morgan fingerprint density at radius 2 is 1.64 bits per heavy atom. The minimum atomic E-state index is -1.25. The first-order chi connectivity index (χ1) is 12.0. The SMILES string of the molecule is CCCc1c(O)c(O)c(C(=O)O)c2ccc(Cc3ccccc3)cc12. The summed E-state index contributed by atoms with van der Waals surface area (Å²) in [6, 6.07) is 15.5. The number of benzene rings is 3. The van der Waals surface area contributed by atoms with Gasteiger partial charge in [0, 0.05) is 10.9 Å². The predicted molar refractivity (Wildman–Crippen MR) is 97.5 cm³/mol. The lowest BCUT2D eigenvalue weighted by atomic mass is 9.92. The largest absolute Gasteiger partial charge is 0.504 e. The van der Waals surface area contributed by atoms with E-state index in [1.807, 2.05) is 49.4 Å². The zero-order chi connectivity index (χ0) is 18.0. The maximum Gasteiger partial charge on any atom is 0.340 e. The first-order valence-electron chi connectivity index (χ1n) is 8.29. The molecule has 0 aromatic heterocycles. The summed E-state index contributed by atoms with van der Waals surface area (Å²) in [7, 11) is 0. The zero-order valence-corrected chi connectivity index (χ0v) is 14.0. The Kier molecular flexibility index (Phi) is 4.61. The van der Waals surface area contributed by atoms with Crippen LogP contribution < -0.4 is 0 Å². The molecule has 0 aliphatic heterocycles. The molecule has 128 valence electrons. The average molecular weight is 336 g/mol. The van der Waals surface area contributed by atoms with Gasteiger partial charge in [0.25, 0.3) is 0 Å². The molecule has 0 fully saturated rings. The molecule has 4 nitrogen and oxygen atoms in total. The monoisotopic (exact) mass is 336 g/mol. The number of aromatic carboxylic acids is 1. The smallest absolute Gasteiger partial charge is 0.340 e. The molecule has 0 unspecified atom stereocenters. The van der Waals surface area contributed by atoms with Crippen LogP contribution in [0.25, 0.3) is 10.8 Å². The lowest BCUT2D eigenvalue weighted by molar-refractivity contribution is 0.0695. The van der Waals surface area contributed by atoms with E-state index in [4.69, 9.17) is 0 Å². The van der Waals surface area contributed by atoms with Gasteiger partial charge in [-0.05, 0) is 29.4 Å². The number of aryl methyl sites for hydroxylation is 1. The molecule has 0 amide bonds. The van der Waals surface area contributed by atoms with Gasteiger partial charge in [0.2, 0.25) is 0 Å². The normalized spacial score (nSPS) is 10.9. The molecule has 0 saturated heterocycles. The van der Waals surface area contributed by atoms with E-state index in [9.17, 15) is 20.1 Å². The van der Waals surface area contributed by atoms with Gasteiger partial charge in [-0.25, -0.2) is 4.79 Å². The third-order valence-electron chi connectivity index (χ3n) is 4.39. The maximum absolute atomic E-state index is 11.6. The third kappa shape index (κ3) is 3.15. The van der Waals surface area contributed by atoms with Gasteiger partial charge in [-0.1, -0.05) is 61.9 Å². The number of carboxylic acid groups (broad SMARTS) is 1. The fourth-order valence-electron chi connectivity index (χ4n) is 3.24. The lowest BCUT2D eigenvalue weighted by Gasteiger charge is -2.15. The van der Waals surface area contributed by atoms with E-state index in [1.54, 1.807) is 6.07 Å². The molecule has 3 rings (SSSR count). The van der Waals surface area contributed by atoms with Gasteiger partial charge < -0.3 is 15.3 Å². The highest BCUT2D eigenvalue weighted by Crippen LogP contribution is 2.41. The standard InChI is InChI=1S/C21H20O4/c1-2-6-16-17-12-14(11-13-7-4-3-5-8-13)9-10-15(17)18(21(24)25)20(23)19(16)22/h3-5,7-10,12,22-23H,2,6,11H2,1H3,(H,24,25). The number of phenolic OH excluding ortho intramolecular Hbond substituents is 1. The number of hydrogen-bond donors (Lipinski definition) is 3. The summed E-state index contributed by atoms with van der Waals surface area (Å²) in [6.45, 7) is 1.97. The highest BCUT2D eigenvalue weighted by Gasteiger charge is 2.22. The van der Waals surface area contributed by atoms with Gasteiger partial charge in [0.15, 0.2) is 11.5 Å². The van der Waals surface area contributed by atoms with Crippen LogP contribution in [0.5, 0.6) is 11.5 Å². The molecule has 3 aromatic carbocycles. The van der Waals surface area contributed by atoms with Crippen molar-refractivity contribution in [3.63, 3.8) is 0 Å². The summed E-state index contributed by atoms with van der Waals surface area (Å²) in [5, 5.41) is 31.0. The van der Waals surface area contributed by atoms with Crippen molar-refractivity contribution in [1.29, 1.82) is 0 Å². The number of rotatable bonds is 5. The van der Waals surface area contributed by atoms with Crippen LogP contribution in [0.4, 0.5) is 0 Å². The van der Waals surface area contributed by atoms with Gasteiger partial charge in [0.05, 0.1) is 0 Å². The van der Waals surface area contributed by atoms with Crippen molar-refractivity contribution in [3.8, 4) is 11.5 Å². The van der Waals surface area contributed by atoms with E-state index in [2.05, 4.69) is 0 Å². The Bertz CT molecular complexity index is 930. The van der Waals surface area contributed by atoms with Crippen LogP contribution in [0.1, 0.15) is 40.4 Å². The number of carbonyl (C=O) groups is 1. The van der Waals surface area contributed by atoms with E-state index >= 15 is 0 Å². The van der Waals surface area contributed by atoms with E-state index in [0.717, 1.165) is 17.5 Å². The summed E-state index contributed by atoms with van der Waals surface area (Å²) in [5.74, 6) is -2.14. The summed E-state index contributed by atoms with van der Waals surface area (Å²) < 4.78 is 0. The minimum absolute atomic E-state index is 0.251. The van der Waals surface area contributed by atoms with Crippen molar-refractivity contribution in [2.45, 2.75) is 26.2 Å². The van der Waals surface area contributed by atoms with Gasteiger partial charge >= 0.3 is 5.97 Å². The molecule has 25 heavy (non-hydrogen) atoms. The number of fused-ring (bicyclic) bond motifs is 1. The number of hydrogen-bond acceptors (Lipinski definition) is 3. The number of carboxylic acids is 1. The van der Waals surface area contributed by atoms with Crippen LogP contribution >= 0.6 is 0 Å². The highest BCUT2D eigenvalue weighted by molar-refractivity contribution is 6.08. The summed E-state index contributed by atoms with van der Waals surface area (Å²) >= 11 is 0. The van der Waals surface area contributed by atoms with Crippen molar-refractivity contribution in [2.75, 3.05) is 0 Å². The van der Waals surface area contributed by atoms with E-state index in [1.165, 1.54) is 0 Å². The molecular weight excluding hydrogens is 316 g/mol. The van der Waals surface area contributed by atoms with Crippen LogP contribution in [-0.4, -0.2) is 21.3 Å².